The molecule has 2 aromatic heterocycles. The Hall–Kier alpha value is -4.21. The fraction of sp³-hybridized carbons (Fsp3) is 0.143. The van der Waals surface area contributed by atoms with Gasteiger partial charge in [-0.15, -0.1) is 0 Å². The molecule has 0 saturated carbocycles. The molecule has 3 heterocycles. The van der Waals surface area contributed by atoms with E-state index < -0.39 is 18.0 Å². The first-order chi connectivity index (χ1) is 18.3. The molecule has 5 rings (SSSR count). The Bertz CT molecular complexity index is 1780. The van der Waals surface area contributed by atoms with Crippen LogP contribution in [0.1, 0.15) is 41.6 Å². The first-order valence-electron chi connectivity index (χ1n) is 11.7. The van der Waals surface area contributed by atoms with Gasteiger partial charge in [0.25, 0.3) is 5.56 Å². The lowest BCUT2D eigenvalue weighted by atomic mass is 9.96. The third kappa shape index (κ3) is 4.62. The zero-order chi connectivity index (χ0) is 27.0. The Morgan fingerprint density at radius 3 is 2.58 bits per heavy atom. The maximum absolute atomic E-state index is 13.7. The minimum absolute atomic E-state index is 0.173. The summed E-state index contributed by atoms with van der Waals surface area (Å²) in [5, 5.41) is 9.51. The quantitative estimate of drug-likeness (QED) is 0.357. The predicted octanol–water partition coefficient (Wildman–Crippen LogP) is 4.41. The number of fused-ring (bicyclic) bond motifs is 1. The van der Waals surface area contributed by atoms with Crippen molar-refractivity contribution < 1.29 is 23.8 Å². The number of carboxylic acids is 1. The van der Waals surface area contributed by atoms with Gasteiger partial charge in [-0.05, 0) is 49.7 Å². The number of carboxylic acid groups (broad SMARTS) is 1. The lowest BCUT2D eigenvalue weighted by Gasteiger charge is -2.25. The van der Waals surface area contributed by atoms with E-state index >= 15 is 0 Å². The van der Waals surface area contributed by atoms with Gasteiger partial charge in [0, 0.05) is 16.7 Å². The molecule has 0 fully saturated rings. The number of esters is 1. The van der Waals surface area contributed by atoms with Crippen LogP contribution in [0, 0.1) is 0 Å². The zero-order valence-corrected chi connectivity index (χ0v) is 21.9. The number of hydrogen-bond donors (Lipinski definition) is 1. The Labute approximate surface area is 225 Å². The van der Waals surface area contributed by atoms with Gasteiger partial charge in [-0.2, -0.15) is 0 Å². The summed E-state index contributed by atoms with van der Waals surface area (Å²) >= 11 is 7.70. The molecule has 192 valence electrons. The van der Waals surface area contributed by atoms with Crippen LogP contribution in [-0.4, -0.2) is 28.2 Å². The SMILES string of the molecule is CCOC(=O)C1=C(C)N=c2s/c(=C\c3ccc(-c4ccc(C(=O)O)cc4)o3)c(=O)n2C1c1ccccc1Cl. The number of hydrogen-bond acceptors (Lipinski definition) is 7. The minimum Gasteiger partial charge on any atom is -0.478 e. The largest absolute Gasteiger partial charge is 0.478 e. The van der Waals surface area contributed by atoms with Gasteiger partial charge in [0.1, 0.15) is 17.6 Å². The fourth-order valence-electron chi connectivity index (χ4n) is 4.27. The third-order valence-electron chi connectivity index (χ3n) is 6.03. The number of rotatable bonds is 6. The number of aromatic nitrogens is 1. The highest BCUT2D eigenvalue weighted by atomic mass is 35.5. The summed E-state index contributed by atoms with van der Waals surface area (Å²) in [6.45, 7) is 3.60. The molecule has 1 aliphatic rings. The summed E-state index contributed by atoms with van der Waals surface area (Å²) < 4.78 is 13.0. The van der Waals surface area contributed by atoms with Crippen molar-refractivity contribution in [3.63, 3.8) is 0 Å². The van der Waals surface area contributed by atoms with Crippen molar-refractivity contribution in [2.75, 3.05) is 6.61 Å². The topological polar surface area (TPSA) is 111 Å². The number of furan rings is 1. The van der Waals surface area contributed by atoms with Crippen LogP contribution in [0.5, 0.6) is 0 Å². The van der Waals surface area contributed by atoms with Crippen LogP contribution in [0.15, 0.2) is 86.1 Å². The molecular formula is C28H21ClN2O6S. The Morgan fingerprint density at radius 2 is 1.89 bits per heavy atom. The van der Waals surface area contributed by atoms with Gasteiger partial charge in [-0.1, -0.05) is 53.3 Å². The Morgan fingerprint density at radius 1 is 1.16 bits per heavy atom. The van der Waals surface area contributed by atoms with E-state index in [1.807, 2.05) is 0 Å². The van der Waals surface area contributed by atoms with E-state index in [0.29, 0.717) is 42.7 Å². The molecule has 0 aliphatic carbocycles. The number of nitrogens with zero attached hydrogens (tertiary/aromatic N) is 2. The maximum Gasteiger partial charge on any atom is 0.338 e. The van der Waals surface area contributed by atoms with Crippen LogP contribution in [-0.2, 0) is 9.53 Å². The van der Waals surface area contributed by atoms with Crippen LogP contribution in [0.25, 0.3) is 17.4 Å². The molecule has 38 heavy (non-hydrogen) atoms. The van der Waals surface area contributed by atoms with E-state index in [9.17, 15) is 14.4 Å². The minimum atomic E-state index is -1.01. The molecule has 0 bridgehead atoms. The summed E-state index contributed by atoms with van der Waals surface area (Å²) in [6.07, 6.45) is 1.62. The van der Waals surface area contributed by atoms with E-state index in [1.165, 1.54) is 28.0 Å². The number of carbonyl (C=O) groups is 2. The molecule has 1 aliphatic heterocycles. The lowest BCUT2D eigenvalue weighted by Crippen LogP contribution is -2.40. The summed E-state index contributed by atoms with van der Waals surface area (Å²) in [5.41, 5.74) is 1.81. The second-order valence-corrected chi connectivity index (χ2v) is 9.82. The van der Waals surface area contributed by atoms with Crippen LogP contribution in [0.2, 0.25) is 5.02 Å². The monoisotopic (exact) mass is 548 g/mol. The van der Waals surface area contributed by atoms with E-state index in [1.54, 1.807) is 68.5 Å². The first kappa shape index (κ1) is 25.4. The normalized spacial score (nSPS) is 15.2. The molecule has 8 nitrogen and oxygen atoms in total. The first-order valence-corrected chi connectivity index (χ1v) is 12.9. The van der Waals surface area contributed by atoms with Gasteiger partial charge >= 0.3 is 11.9 Å². The van der Waals surface area contributed by atoms with Gasteiger partial charge in [0.05, 0.1) is 28.0 Å². The van der Waals surface area contributed by atoms with E-state index in [2.05, 4.69) is 4.99 Å². The molecule has 0 amide bonds. The van der Waals surface area contributed by atoms with Crippen molar-refractivity contribution in [2.24, 2.45) is 4.99 Å². The van der Waals surface area contributed by atoms with Gasteiger partial charge in [-0.3, -0.25) is 9.36 Å². The summed E-state index contributed by atoms with van der Waals surface area (Å²) in [6, 6.07) is 16.0. The molecule has 1 N–H and O–H groups in total. The van der Waals surface area contributed by atoms with Gasteiger partial charge in [0.15, 0.2) is 4.80 Å². The molecule has 4 aromatic rings. The molecular weight excluding hydrogens is 528 g/mol. The van der Waals surface area contributed by atoms with E-state index in [0.717, 1.165) is 0 Å². The summed E-state index contributed by atoms with van der Waals surface area (Å²) in [5.74, 6) is -0.611. The third-order valence-corrected chi connectivity index (χ3v) is 7.36. The summed E-state index contributed by atoms with van der Waals surface area (Å²) in [7, 11) is 0. The molecule has 0 spiro atoms. The number of carbonyl (C=O) groups excluding carboxylic acids is 1. The highest BCUT2D eigenvalue weighted by Crippen LogP contribution is 2.34. The zero-order valence-electron chi connectivity index (χ0n) is 20.3. The molecule has 0 saturated heterocycles. The molecule has 2 aromatic carbocycles. The number of benzene rings is 2. The fourth-order valence-corrected chi connectivity index (χ4v) is 5.54. The van der Waals surface area contributed by atoms with Crippen molar-refractivity contribution in [3.8, 4) is 11.3 Å². The standard InChI is InChI=1S/C28H21ClN2O6S/c1-3-36-27(35)23-15(2)30-28-31(24(23)19-6-4-5-7-20(19)29)25(32)22(38-28)14-18-12-13-21(37-18)16-8-10-17(11-9-16)26(33)34/h4-14,24H,3H2,1-2H3,(H,33,34)/b22-14-. The molecule has 1 atom stereocenters. The molecule has 1 unspecified atom stereocenters. The smallest absolute Gasteiger partial charge is 0.338 e. The second kappa shape index (κ2) is 10.3. The van der Waals surface area contributed by atoms with Crippen molar-refractivity contribution in [1.82, 2.24) is 4.57 Å². The number of allylic oxidation sites excluding steroid dienone is 1. The average Bonchev–Trinajstić information content (AvgIpc) is 3.48. The van der Waals surface area contributed by atoms with Crippen molar-refractivity contribution in [2.45, 2.75) is 19.9 Å². The second-order valence-electron chi connectivity index (χ2n) is 8.41. The number of thiazole rings is 1. The van der Waals surface area contributed by atoms with Gasteiger partial charge in [0.2, 0.25) is 0 Å². The van der Waals surface area contributed by atoms with E-state index in [4.69, 9.17) is 25.9 Å². The van der Waals surface area contributed by atoms with Crippen LogP contribution >= 0.6 is 22.9 Å². The van der Waals surface area contributed by atoms with Crippen molar-refractivity contribution in [1.29, 1.82) is 0 Å². The Balaban J connectivity index is 1.61. The average molecular weight is 549 g/mol. The molecule has 0 radical (unpaired) electrons. The van der Waals surface area contributed by atoms with Gasteiger partial charge in [-0.25, -0.2) is 14.6 Å². The number of aromatic carboxylic acids is 1. The van der Waals surface area contributed by atoms with Crippen molar-refractivity contribution >= 4 is 41.0 Å². The van der Waals surface area contributed by atoms with Crippen molar-refractivity contribution in [3.05, 3.63) is 114 Å². The summed E-state index contributed by atoms with van der Waals surface area (Å²) in [4.78, 5) is 42.7. The van der Waals surface area contributed by atoms with Crippen LogP contribution < -0.4 is 14.9 Å². The van der Waals surface area contributed by atoms with Crippen LogP contribution in [0.3, 0.4) is 0 Å². The maximum atomic E-state index is 13.7. The number of ether oxygens (including phenoxy) is 1. The van der Waals surface area contributed by atoms with Crippen LogP contribution in [0.4, 0.5) is 0 Å². The number of halogens is 1. The highest BCUT2D eigenvalue weighted by Gasteiger charge is 2.34. The van der Waals surface area contributed by atoms with E-state index in [-0.39, 0.29) is 23.3 Å². The highest BCUT2D eigenvalue weighted by molar-refractivity contribution is 7.07. The lowest BCUT2D eigenvalue weighted by molar-refractivity contribution is -0.139. The van der Waals surface area contributed by atoms with Gasteiger partial charge < -0.3 is 14.3 Å². The molecule has 10 heteroatoms. The Kier molecular flexibility index (Phi) is 6.88. The predicted molar refractivity (Wildman–Crippen MR) is 143 cm³/mol.